The summed E-state index contributed by atoms with van der Waals surface area (Å²) in [5, 5.41) is 9.24. The van der Waals surface area contributed by atoms with Gasteiger partial charge in [-0.2, -0.15) is 0 Å². The van der Waals surface area contributed by atoms with Crippen molar-refractivity contribution in [3.05, 3.63) is 71.3 Å². The van der Waals surface area contributed by atoms with Crippen LogP contribution in [-0.4, -0.2) is 60.1 Å². The van der Waals surface area contributed by atoms with Crippen molar-refractivity contribution in [1.82, 2.24) is 9.80 Å². The molecular formula is C25H31N3O. The number of aliphatic hydroxyl groups is 1. The van der Waals surface area contributed by atoms with Crippen LogP contribution < -0.4 is 0 Å². The highest BCUT2D eigenvalue weighted by Gasteiger charge is 2.24. The van der Waals surface area contributed by atoms with E-state index in [1.165, 1.54) is 22.3 Å². The first-order valence-electron chi connectivity index (χ1n) is 10.8. The second-order valence-corrected chi connectivity index (χ2v) is 7.89. The lowest BCUT2D eigenvalue weighted by atomic mass is 10.00. The van der Waals surface area contributed by atoms with Gasteiger partial charge in [-0.1, -0.05) is 61.9 Å². The van der Waals surface area contributed by atoms with Crippen LogP contribution in [-0.2, 0) is 12.8 Å². The number of hydrogen-bond acceptors (Lipinski definition) is 4. The molecule has 0 spiro atoms. The van der Waals surface area contributed by atoms with E-state index >= 15 is 0 Å². The first-order valence-corrected chi connectivity index (χ1v) is 10.8. The van der Waals surface area contributed by atoms with Crippen LogP contribution in [0.15, 0.2) is 59.6 Å². The molecule has 0 bridgehead atoms. The summed E-state index contributed by atoms with van der Waals surface area (Å²) in [4.78, 5) is 9.94. The van der Waals surface area contributed by atoms with Gasteiger partial charge in [0.25, 0.3) is 0 Å². The number of aryl methyl sites for hydroxylation is 1. The molecule has 2 aliphatic heterocycles. The molecule has 2 aromatic rings. The Balaban J connectivity index is 1.69. The second-order valence-electron chi connectivity index (χ2n) is 7.89. The fourth-order valence-electron chi connectivity index (χ4n) is 4.26. The molecule has 2 aliphatic rings. The zero-order valence-electron chi connectivity index (χ0n) is 17.3. The highest BCUT2D eigenvalue weighted by molar-refractivity contribution is 6.23. The third kappa shape index (κ3) is 4.60. The molecule has 0 aromatic heterocycles. The van der Waals surface area contributed by atoms with Crippen molar-refractivity contribution < 1.29 is 5.11 Å². The first kappa shape index (κ1) is 19.9. The van der Waals surface area contributed by atoms with E-state index in [4.69, 9.17) is 4.99 Å². The summed E-state index contributed by atoms with van der Waals surface area (Å²) in [6.07, 6.45) is 5.55. The zero-order valence-corrected chi connectivity index (χ0v) is 17.3. The predicted octanol–water partition coefficient (Wildman–Crippen LogP) is 3.92. The minimum atomic E-state index is 0.226. The lowest BCUT2D eigenvalue weighted by Crippen LogP contribution is -2.49. The maximum atomic E-state index is 9.24. The Hall–Kier alpha value is -2.43. The number of allylic oxidation sites excluding steroid dienone is 1. The van der Waals surface area contributed by atoms with Crippen molar-refractivity contribution >= 4 is 17.1 Å². The van der Waals surface area contributed by atoms with Gasteiger partial charge in [0.2, 0.25) is 0 Å². The Bertz CT molecular complexity index is 880. The fourth-order valence-corrected chi connectivity index (χ4v) is 4.26. The molecule has 1 N–H and O–H groups in total. The van der Waals surface area contributed by atoms with Gasteiger partial charge in [0.05, 0.1) is 12.3 Å². The van der Waals surface area contributed by atoms with Gasteiger partial charge in [-0.3, -0.25) is 4.90 Å². The lowest BCUT2D eigenvalue weighted by molar-refractivity contribution is 0.148. The van der Waals surface area contributed by atoms with Crippen LogP contribution in [0.2, 0.25) is 0 Å². The molecule has 0 atom stereocenters. The Labute approximate surface area is 174 Å². The van der Waals surface area contributed by atoms with Crippen molar-refractivity contribution in [1.29, 1.82) is 0 Å². The normalized spacial score (nSPS) is 17.4. The van der Waals surface area contributed by atoms with Crippen LogP contribution >= 0.6 is 0 Å². The molecule has 0 saturated carbocycles. The number of benzene rings is 2. The number of fused-ring (bicyclic) bond motifs is 1. The highest BCUT2D eigenvalue weighted by atomic mass is 16.3. The quantitative estimate of drug-likeness (QED) is 0.842. The fraction of sp³-hybridized carbons (Fsp3) is 0.400. The minimum absolute atomic E-state index is 0.226. The van der Waals surface area contributed by atoms with Crippen molar-refractivity contribution in [3.8, 4) is 0 Å². The zero-order chi connectivity index (χ0) is 20.1. The van der Waals surface area contributed by atoms with Gasteiger partial charge in [-0.25, -0.2) is 4.99 Å². The summed E-state index contributed by atoms with van der Waals surface area (Å²) in [6, 6.07) is 17.4. The number of rotatable bonds is 5. The third-order valence-corrected chi connectivity index (χ3v) is 5.85. The molecule has 2 heterocycles. The average Bonchev–Trinajstić information content (AvgIpc) is 2.95. The monoisotopic (exact) mass is 389 g/mol. The lowest BCUT2D eigenvalue weighted by Gasteiger charge is -2.36. The summed E-state index contributed by atoms with van der Waals surface area (Å²) in [5.74, 6) is 1.09. The number of aliphatic imine (C=N–C) groups is 1. The first-order chi connectivity index (χ1) is 14.3. The number of piperazine rings is 1. The molecule has 0 aliphatic carbocycles. The van der Waals surface area contributed by atoms with E-state index < -0.39 is 0 Å². The van der Waals surface area contributed by atoms with E-state index in [2.05, 4.69) is 71.3 Å². The molecule has 0 amide bonds. The van der Waals surface area contributed by atoms with Gasteiger partial charge in [0.1, 0.15) is 5.84 Å². The topological polar surface area (TPSA) is 39.1 Å². The predicted molar refractivity (Wildman–Crippen MR) is 121 cm³/mol. The number of aliphatic hydroxyl groups excluding tert-OH is 1. The molecule has 4 rings (SSSR count). The molecule has 1 saturated heterocycles. The van der Waals surface area contributed by atoms with Crippen LogP contribution in [0.3, 0.4) is 0 Å². The van der Waals surface area contributed by atoms with E-state index in [9.17, 15) is 5.11 Å². The van der Waals surface area contributed by atoms with Gasteiger partial charge in [-0.15, -0.1) is 0 Å². The average molecular weight is 390 g/mol. The van der Waals surface area contributed by atoms with Crippen LogP contribution in [0, 0.1) is 0 Å². The molecule has 0 unspecified atom stereocenters. The molecule has 1 fully saturated rings. The van der Waals surface area contributed by atoms with Crippen molar-refractivity contribution in [2.24, 2.45) is 4.99 Å². The third-order valence-electron chi connectivity index (χ3n) is 5.85. The molecule has 2 aromatic carbocycles. The summed E-state index contributed by atoms with van der Waals surface area (Å²) < 4.78 is 0. The van der Waals surface area contributed by atoms with E-state index in [1.807, 2.05) is 0 Å². The van der Waals surface area contributed by atoms with Gasteiger partial charge < -0.3 is 10.0 Å². The number of hydrogen-bond donors (Lipinski definition) is 1. The van der Waals surface area contributed by atoms with E-state index in [-0.39, 0.29) is 6.61 Å². The van der Waals surface area contributed by atoms with Crippen LogP contribution in [0.4, 0.5) is 5.69 Å². The Kier molecular flexibility index (Phi) is 6.43. The van der Waals surface area contributed by atoms with E-state index in [0.717, 1.165) is 63.5 Å². The maximum absolute atomic E-state index is 9.24. The van der Waals surface area contributed by atoms with Crippen molar-refractivity contribution in [2.75, 3.05) is 39.3 Å². The summed E-state index contributed by atoms with van der Waals surface area (Å²) in [7, 11) is 0. The van der Waals surface area contributed by atoms with Crippen LogP contribution in [0.1, 0.15) is 30.0 Å². The smallest absolute Gasteiger partial charge is 0.136 e. The SMILES string of the molecule is CCCc1ccc2c(c1)CC=C(c1ccccc1)C(N1CCN(CCO)CC1)=N2. The summed E-state index contributed by atoms with van der Waals surface area (Å²) >= 11 is 0. The largest absolute Gasteiger partial charge is 0.395 e. The molecule has 4 heteroatoms. The van der Waals surface area contributed by atoms with E-state index in [0.29, 0.717) is 0 Å². The van der Waals surface area contributed by atoms with Crippen LogP contribution in [0.5, 0.6) is 0 Å². The molecule has 0 radical (unpaired) electrons. The number of nitrogens with zero attached hydrogens (tertiary/aromatic N) is 3. The molecule has 152 valence electrons. The minimum Gasteiger partial charge on any atom is -0.395 e. The molecular weight excluding hydrogens is 358 g/mol. The van der Waals surface area contributed by atoms with Crippen LogP contribution in [0.25, 0.3) is 5.57 Å². The van der Waals surface area contributed by atoms with E-state index in [1.54, 1.807) is 0 Å². The van der Waals surface area contributed by atoms with Gasteiger partial charge in [0.15, 0.2) is 0 Å². The molecule has 4 nitrogen and oxygen atoms in total. The Morgan fingerprint density at radius 3 is 2.52 bits per heavy atom. The molecule has 29 heavy (non-hydrogen) atoms. The number of β-amino-alcohol motifs (C(OH)–C–C–N with tert-alkyl or cyclic N) is 1. The standard InChI is InChI=1S/C25H31N3O/c1-2-6-20-9-12-24-22(19-20)10-11-23(21-7-4-3-5-8-21)25(26-24)28-15-13-27(14-16-28)17-18-29/h3-5,7-9,11-12,19,29H,2,6,10,13-18H2,1H3. The Morgan fingerprint density at radius 2 is 1.79 bits per heavy atom. The second kappa shape index (κ2) is 9.38. The van der Waals surface area contributed by atoms with Crippen molar-refractivity contribution in [3.63, 3.8) is 0 Å². The summed E-state index contributed by atoms with van der Waals surface area (Å²) in [5.41, 5.74) is 6.27. The summed E-state index contributed by atoms with van der Waals surface area (Å²) in [6.45, 7) is 7.01. The number of amidine groups is 1. The van der Waals surface area contributed by atoms with Crippen molar-refractivity contribution in [2.45, 2.75) is 26.2 Å². The van der Waals surface area contributed by atoms with Gasteiger partial charge >= 0.3 is 0 Å². The van der Waals surface area contributed by atoms with Gasteiger partial charge in [-0.05, 0) is 35.6 Å². The Morgan fingerprint density at radius 1 is 1.00 bits per heavy atom. The maximum Gasteiger partial charge on any atom is 0.136 e. The highest BCUT2D eigenvalue weighted by Crippen LogP contribution is 2.31. The van der Waals surface area contributed by atoms with Gasteiger partial charge in [0, 0.05) is 38.3 Å².